The van der Waals surface area contributed by atoms with Crippen LogP contribution in [0.25, 0.3) is 5.65 Å². The summed E-state index contributed by atoms with van der Waals surface area (Å²) in [5, 5.41) is 17.5. The molecular weight excluding hydrogens is 470 g/mol. The lowest BCUT2D eigenvalue weighted by Gasteiger charge is -2.36. The smallest absolute Gasteiger partial charge is 0.281 e. The highest BCUT2D eigenvalue weighted by Crippen LogP contribution is 2.24. The minimum atomic E-state index is -3.48. The number of carbonyl (C=O) groups excluding carboxylic acids is 1. The Labute approximate surface area is 205 Å². The third kappa shape index (κ3) is 5.15. The Morgan fingerprint density at radius 1 is 1.09 bits per heavy atom. The Morgan fingerprint density at radius 3 is 2.29 bits per heavy atom. The van der Waals surface area contributed by atoms with E-state index >= 15 is 0 Å². The van der Waals surface area contributed by atoms with E-state index in [0.29, 0.717) is 48.8 Å². The van der Waals surface area contributed by atoms with Crippen LogP contribution in [0.5, 0.6) is 0 Å². The molecule has 1 aromatic carbocycles. The first kappa shape index (κ1) is 25.0. The topological polar surface area (TPSA) is 123 Å². The number of nitrogens with one attached hydrogen (secondary N) is 1. The highest BCUT2D eigenvalue weighted by Gasteiger charge is 2.30. The third-order valence-electron chi connectivity index (χ3n) is 5.98. The van der Waals surface area contributed by atoms with Crippen molar-refractivity contribution < 1.29 is 18.3 Å². The zero-order valence-electron chi connectivity index (χ0n) is 20.6. The molecule has 2 aromatic heterocycles. The molecule has 1 aliphatic rings. The number of benzene rings is 1. The summed E-state index contributed by atoms with van der Waals surface area (Å²) >= 11 is 0. The van der Waals surface area contributed by atoms with Gasteiger partial charge in [0.2, 0.25) is 0 Å². The summed E-state index contributed by atoms with van der Waals surface area (Å²) in [7, 11) is -0.435. The van der Waals surface area contributed by atoms with Gasteiger partial charge < -0.3 is 15.3 Å². The summed E-state index contributed by atoms with van der Waals surface area (Å²) in [4.78, 5) is 19.5. The lowest BCUT2D eigenvalue weighted by atomic mass is 9.97. The molecule has 11 nitrogen and oxygen atoms in total. The molecule has 0 unspecified atom stereocenters. The van der Waals surface area contributed by atoms with Crippen molar-refractivity contribution in [3.05, 3.63) is 53.2 Å². The number of piperazine rings is 1. The van der Waals surface area contributed by atoms with Crippen molar-refractivity contribution in [3.63, 3.8) is 0 Å². The summed E-state index contributed by atoms with van der Waals surface area (Å²) in [5.41, 5.74) is 1.51. The van der Waals surface area contributed by atoms with Gasteiger partial charge in [0.25, 0.3) is 16.1 Å². The van der Waals surface area contributed by atoms with Crippen molar-refractivity contribution in [2.24, 2.45) is 0 Å². The Hall–Kier alpha value is -3.06. The van der Waals surface area contributed by atoms with E-state index in [1.807, 2.05) is 17.9 Å². The molecule has 0 spiro atoms. The van der Waals surface area contributed by atoms with Crippen LogP contribution in [0.3, 0.4) is 0 Å². The summed E-state index contributed by atoms with van der Waals surface area (Å²) in [6.45, 7) is 6.84. The van der Waals surface area contributed by atoms with Crippen LogP contribution in [-0.2, 0) is 15.8 Å². The van der Waals surface area contributed by atoms with E-state index in [4.69, 9.17) is 0 Å². The van der Waals surface area contributed by atoms with Crippen molar-refractivity contribution in [3.8, 4) is 0 Å². The largest absolute Gasteiger partial charge is 0.386 e. The Balaban J connectivity index is 1.58. The van der Waals surface area contributed by atoms with Crippen molar-refractivity contribution in [2.75, 3.05) is 50.5 Å². The highest BCUT2D eigenvalue weighted by atomic mass is 32.2. The van der Waals surface area contributed by atoms with Crippen molar-refractivity contribution >= 4 is 33.4 Å². The number of carbonyl (C=O) groups is 1. The van der Waals surface area contributed by atoms with Gasteiger partial charge in [0, 0.05) is 58.0 Å². The average Bonchev–Trinajstić information content (AvgIpc) is 3.18. The van der Waals surface area contributed by atoms with Gasteiger partial charge in [-0.2, -0.15) is 26.6 Å². The minimum Gasteiger partial charge on any atom is -0.386 e. The molecule has 1 saturated heterocycles. The van der Waals surface area contributed by atoms with Crippen LogP contribution in [0.1, 0.15) is 35.5 Å². The molecule has 35 heavy (non-hydrogen) atoms. The highest BCUT2D eigenvalue weighted by molar-refractivity contribution is 7.86. The Bertz CT molecular complexity index is 1340. The molecule has 1 aliphatic heterocycles. The number of aromatic nitrogens is 3. The van der Waals surface area contributed by atoms with Gasteiger partial charge in [0.15, 0.2) is 5.65 Å². The summed E-state index contributed by atoms with van der Waals surface area (Å²) < 4.78 is 29.3. The van der Waals surface area contributed by atoms with Gasteiger partial charge in [-0.3, -0.25) is 4.79 Å². The fraction of sp³-hybridized carbons (Fsp3) is 0.435. The average molecular weight is 502 g/mol. The number of rotatable bonds is 6. The van der Waals surface area contributed by atoms with Gasteiger partial charge in [0.05, 0.1) is 11.3 Å². The molecule has 0 bridgehead atoms. The molecule has 1 amide bonds. The molecule has 0 atom stereocenters. The maximum Gasteiger partial charge on any atom is 0.281 e. The second kappa shape index (κ2) is 9.19. The number of amides is 1. The lowest BCUT2D eigenvalue weighted by Crippen LogP contribution is -2.52. The van der Waals surface area contributed by atoms with Crippen molar-refractivity contribution in [1.82, 2.24) is 23.2 Å². The van der Waals surface area contributed by atoms with Gasteiger partial charge in [-0.05, 0) is 38.5 Å². The van der Waals surface area contributed by atoms with E-state index in [9.17, 15) is 18.3 Å². The monoisotopic (exact) mass is 501 g/mol. The van der Waals surface area contributed by atoms with Crippen LogP contribution in [0.4, 0.5) is 11.6 Å². The first-order valence-corrected chi connectivity index (χ1v) is 12.7. The molecule has 1 fully saturated rings. The summed E-state index contributed by atoms with van der Waals surface area (Å²) in [6, 6.07) is 10.3. The SMILES string of the molecule is Cc1cc2nc(NC(=O)c3ccc(C(C)(C)O)cc3)cc(N3CCN(S(=O)(=O)N(C)C)CC3)n2n1. The van der Waals surface area contributed by atoms with Gasteiger partial charge >= 0.3 is 0 Å². The molecule has 0 saturated carbocycles. The molecule has 12 heteroatoms. The zero-order valence-corrected chi connectivity index (χ0v) is 21.4. The quantitative estimate of drug-likeness (QED) is 0.524. The first-order valence-electron chi connectivity index (χ1n) is 11.3. The van der Waals surface area contributed by atoms with Crippen LogP contribution in [-0.4, -0.2) is 82.9 Å². The molecule has 0 radical (unpaired) electrons. The fourth-order valence-electron chi connectivity index (χ4n) is 3.96. The zero-order chi connectivity index (χ0) is 25.5. The van der Waals surface area contributed by atoms with Crippen molar-refractivity contribution in [2.45, 2.75) is 26.4 Å². The number of hydrogen-bond acceptors (Lipinski definition) is 7. The number of fused-ring (bicyclic) bond motifs is 1. The van der Waals surface area contributed by atoms with Gasteiger partial charge in [-0.15, -0.1) is 0 Å². The number of aliphatic hydroxyl groups is 1. The number of nitrogens with zero attached hydrogens (tertiary/aromatic N) is 6. The van der Waals surface area contributed by atoms with E-state index in [0.717, 1.165) is 11.5 Å². The normalized spacial score (nSPS) is 15.7. The molecule has 188 valence electrons. The number of aryl methyl sites for hydroxylation is 1. The first-order chi connectivity index (χ1) is 16.4. The van der Waals surface area contributed by atoms with E-state index < -0.39 is 15.8 Å². The summed E-state index contributed by atoms with van der Waals surface area (Å²) in [6.07, 6.45) is 0. The van der Waals surface area contributed by atoms with Crippen LogP contribution in [0, 0.1) is 6.92 Å². The molecule has 2 N–H and O–H groups in total. The standard InChI is InChI=1S/C23H31N7O4S/c1-16-14-20-24-19(25-22(31)17-6-8-18(9-7-17)23(2,3)32)15-21(30(20)26-16)28-10-12-29(13-11-28)35(33,34)27(4)5/h6-9,14-15,32H,10-13H2,1-5H3,(H,24,25,31). The van der Waals surface area contributed by atoms with Crippen LogP contribution < -0.4 is 10.2 Å². The Morgan fingerprint density at radius 2 is 1.71 bits per heavy atom. The molecule has 3 heterocycles. The maximum absolute atomic E-state index is 12.9. The minimum absolute atomic E-state index is 0.326. The molecule has 4 rings (SSSR count). The predicted octanol–water partition coefficient (Wildman–Crippen LogP) is 1.45. The van der Waals surface area contributed by atoms with E-state index in [1.54, 1.807) is 48.7 Å². The molecule has 3 aromatic rings. The van der Waals surface area contributed by atoms with Crippen LogP contribution >= 0.6 is 0 Å². The van der Waals surface area contributed by atoms with Gasteiger partial charge in [-0.25, -0.2) is 4.98 Å². The van der Waals surface area contributed by atoms with Crippen LogP contribution in [0.2, 0.25) is 0 Å². The molecule has 0 aliphatic carbocycles. The molecular formula is C23H31N7O4S. The van der Waals surface area contributed by atoms with E-state index in [2.05, 4.69) is 15.4 Å². The number of anilines is 2. The second-order valence-corrected chi connectivity index (χ2v) is 11.5. The Kier molecular flexibility index (Phi) is 6.58. The van der Waals surface area contributed by atoms with E-state index in [-0.39, 0.29) is 5.91 Å². The maximum atomic E-state index is 12.9. The van der Waals surface area contributed by atoms with Crippen LogP contribution in [0.15, 0.2) is 36.4 Å². The summed E-state index contributed by atoms with van der Waals surface area (Å²) in [5.74, 6) is 0.762. The number of hydrogen-bond donors (Lipinski definition) is 2. The van der Waals surface area contributed by atoms with Gasteiger partial charge in [-0.1, -0.05) is 12.1 Å². The third-order valence-corrected chi connectivity index (χ3v) is 7.92. The van der Waals surface area contributed by atoms with Crippen molar-refractivity contribution in [1.29, 1.82) is 0 Å². The van der Waals surface area contributed by atoms with Gasteiger partial charge in [0.1, 0.15) is 11.6 Å². The second-order valence-electron chi connectivity index (χ2n) is 9.32. The lowest BCUT2D eigenvalue weighted by molar-refractivity contribution is 0.0785. The predicted molar refractivity (Wildman–Crippen MR) is 134 cm³/mol. The van der Waals surface area contributed by atoms with E-state index in [1.165, 1.54) is 22.7 Å². The fourth-order valence-corrected chi connectivity index (χ4v) is 5.05.